The lowest BCUT2D eigenvalue weighted by atomic mass is 10.1. The van der Waals surface area contributed by atoms with Gasteiger partial charge in [-0.3, -0.25) is 9.59 Å². The molecule has 3 N–H and O–H groups in total. The Bertz CT molecular complexity index is 921. The van der Waals surface area contributed by atoms with Crippen LogP contribution in [0.4, 0.5) is 5.69 Å². The number of hydrogen-bond acceptors (Lipinski definition) is 7. The summed E-state index contributed by atoms with van der Waals surface area (Å²) in [5.41, 5.74) is 5.68. The average molecular weight is 423 g/mol. The van der Waals surface area contributed by atoms with E-state index < -0.39 is 24.4 Å². The second-order valence-electron chi connectivity index (χ2n) is 5.61. The van der Waals surface area contributed by atoms with Crippen LogP contribution in [-0.4, -0.2) is 45.7 Å². The number of esters is 1. The third-order valence-corrected chi connectivity index (χ3v) is 4.05. The minimum absolute atomic E-state index is 0.121. The molecule has 29 heavy (non-hydrogen) atoms. The number of nitrogens with one attached hydrogen (secondary N) is 1. The van der Waals surface area contributed by atoms with Crippen molar-refractivity contribution in [1.29, 1.82) is 0 Å². The van der Waals surface area contributed by atoms with E-state index in [4.69, 9.17) is 31.5 Å². The lowest BCUT2D eigenvalue weighted by Gasteiger charge is -2.15. The molecule has 2 aromatic carbocycles. The molecule has 0 aromatic heterocycles. The number of hydrogen-bond donors (Lipinski definition) is 2. The summed E-state index contributed by atoms with van der Waals surface area (Å²) in [5, 5.41) is 2.84. The first-order chi connectivity index (χ1) is 13.8. The largest absolute Gasteiger partial charge is 0.493 e. The number of ether oxygens (including phenoxy) is 4. The van der Waals surface area contributed by atoms with E-state index in [9.17, 15) is 14.4 Å². The monoisotopic (exact) mass is 422 g/mol. The Kier molecular flexibility index (Phi) is 7.27. The standard InChI is InChI=1S/C19H19ClN2O7/c1-26-14-7-11(8-15(27-2)17(14)29-9-16(21)23)18(24)22-13-6-10(19(25)28-3)4-5-12(13)20/h4-8H,9H2,1-3H3,(H2,21,23)(H,22,24). The summed E-state index contributed by atoms with van der Waals surface area (Å²) >= 11 is 6.11. The van der Waals surface area contributed by atoms with Gasteiger partial charge in [0.25, 0.3) is 11.8 Å². The van der Waals surface area contributed by atoms with Crippen molar-refractivity contribution in [2.75, 3.05) is 33.3 Å². The molecule has 0 saturated carbocycles. The van der Waals surface area contributed by atoms with Crippen molar-refractivity contribution in [3.8, 4) is 17.2 Å². The molecule has 154 valence electrons. The van der Waals surface area contributed by atoms with Crippen LogP contribution >= 0.6 is 11.6 Å². The van der Waals surface area contributed by atoms with Crippen molar-refractivity contribution in [1.82, 2.24) is 0 Å². The van der Waals surface area contributed by atoms with Crippen molar-refractivity contribution in [3.63, 3.8) is 0 Å². The molecule has 0 radical (unpaired) electrons. The Balaban J connectivity index is 2.36. The zero-order valence-corrected chi connectivity index (χ0v) is 16.7. The van der Waals surface area contributed by atoms with Gasteiger partial charge in [0.05, 0.1) is 37.6 Å². The topological polar surface area (TPSA) is 126 Å². The minimum atomic E-state index is -0.684. The fourth-order valence-corrected chi connectivity index (χ4v) is 2.52. The summed E-state index contributed by atoms with van der Waals surface area (Å²) in [6.45, 7) is -0.395. The molecule has 0 atom stereocenters. The van der Waals surface area contributed by atoms with Gasteiger partial charge in [-0.2, -0.15) is 0 Å². The third-order valence-electron chi connectivity index (χ3n) is 3.72. The first-order valence-electron chi connectivity index (χ1n) is 8.17. The van der Waals surface area contributed by atoms with E-state index in [2.05, 4.69) is 10.1 Å². The number of methoxy groups -OCH3 is 3. The predicted molar refractivity (Wildman–Crippen MR) is 105 cm³/mol. The van der Waals surface area contributed by atoms with Crippen LogP contribution in [-0.2, 0) is 9.53 Å². The van der Waals surface area contributed by atoms with Gasteiger partial charge in [-0.25, -0.2) is 4.79 Å². The molecule has 0 spiro atoms. The van der Waals surface area contributed by atoms with Gasteiger partial charge in [0, 0.05) is 5.56 Å². The zero-order chi connectivity index (χ0) is 21.6. The first-order valence-corrected chi connectivity index (χ1v) is 8.54. The smallest absolute Gasteiger partial charge is 0.337 e. The van der Waals surface area contributed by atoms with Gasteiger partial charge < -0.3 is 30.0 Å². The maximum atomic E-state index is 12.7. The SMILES string of the molecule is COC(=O)c1ccc(Cl)c(NC(=O)c2cc(OC)c(OCC(N)=O)c(OC)c2)c1. The Morgan fingerprint density at radius 2 is 1.62 bits per heavy atom. The van der Waals surface area contributed by atoms with Gasteiger partial charge in [-0.15, -0.1) is 0 Å². The van der Waals surface area contributed by atoms with E-state index in [1.54, 1.807) is 0 Å². The van der Waals surface area contributed by atoms with Crippen molar-refractivity contribution in [2.24, 2.45) is 5.73 Å². The van der Waals surface area contributed by atoms with Crippen LogP contribution in [0.2, 0.25) is 5.02 Å². The zero-order valence-electron chi connectivity index (χ0n) is 15.9. The molecule has 2 rings (SSSR count). The average Bonchev–Trinajstić information content (AvgIpc) is 2.72. The summed E-state index contributed by atoms with van der Waals surface area (Å²) in [5.74, 6) is -1.37. The highest BCUT2D eigenvalue weighted by Gasteiger charge is 2.19. The highest BCUT2D eigenvalue weighted by Crippen LogP contribution is 2.39. The highest BCUT2D eigenvalue weighted by atomic mass is 35.5. The lowest BCUT2D eigenvalue weighted by molar-refractivity contribution is -0.120. The van der Waals surface area contributed by atoms with E-state index in [1.807, 2.05) is 0 Å². The molecule has 0 aliphatic heterocycles. The maximum absolute atomic E-state index is 12.7. The summed E-state index contributed by atoms with van der Waals surface area (Å²) in [6, 6.07) is 7.12. The van der Waals surface area contributed by atoms with E-state index in [0.717, 1.165) is 0 Å². The van der Waals surface area contributed by atoms with Crippen molar-refractivity contribution >= 4 is 35.1 Å². The highest BCUT2D eigenvalue weighted by molar-refractivity contribution is 6.34. The number of benzene rings is 2. The molecule has 0 aliphatic carbocycles. The molecule has 0 fully saturated rings. The second-order valence-corrected chi connectivity index (χ2v) is 6.01. The molecule has 0 bridgehead atoms. The number of rotatable bonds is 8. The van der Waals surface area contributed by atoms with Crippen molar-refractivity contribution in [2.45, 2.75) is 0 Å². The lowest BCUT2D eigenvalue weighted by Crippen LogP contribution is -2.20. The summed E-state index contributed by atoms with van der Waals surface area (Å²) < 4.78 is 20.4. The number of anilines is 1. The van der Waals surface area contributed by atoms with Crippen LogP contribution in [0.5, 0.6) is 17.2 Å². The van der Waals surface area contributed by atoms with Gasteiger partial charge in [-0.05, 0) is 30.3 Å². The fraction of sp³-hybridized carbons (Fsp3) is 0.211. The number of nitrogens with two attached hydrogens (primary N) is 1. The molecular formula is C19H19ClN2O7. The van der Waals surface area contributed by atoms with E-state index in [-0.39, 0.29) is 39.1 Å². The molecule has 0 aliphatic rings. The van der Waals surface area contributed by atoms with E-state index in [1.165, 1.54) is 51.7 Å². The minimum Gasteiger partial charge on any atom is -0.493 e. The Morgan fingerprint density at radius 3 is 2.14 bits per heavy atom. The third kappa shape index (κ3) is 5.29. The maximum Gasteiger partial charge on any atom is 0.337 e. The fourth-order valence-electron chi connectivity index (χ4n) is 2.36. The van der Waals surface area contributed by atoms with Crippen LogP contribution in [0.15, 0.2) is 30.3 Å². The van der Waals surface area contributed by atoms with Crippen LogP contribution in [0.3, 0.4) is 0 Å². The Labute approximate surface area is 171 Å². The molecule has 2 amide bonds. The van der Waals surface area contributed by atoms with Crippen LogP contribution in [0.1, 0.15) is 20.7 Å². The summed E-state index contributed by atoms with van der Waals surface area (Å²) in [7, 11) is 3.98. The summed E-state index contributed by atoms with van der Waals surface area (Å²) in [4.78, 5) is 35.4. The number of carbonyl (C=O) groups excluding carboxylic acids is 3. The van der Waals surface area contributed by atoms with E-state index in [0.29, 0.717) is 0 Å². The molecule has 2 aromatic rings. The normalized spacial score (nSPS) is 10.1. The number of carbonyl (C=O) groups is 3. The van der Waals surface area contributed by atoms with Crippen LogP contribution < -0.4 is 25.3 Å². The number of halogens is 1. The first kappa shape index (κ1) is 21.8. The Hall–Kier alpha value is -3.46. The Morgan fingerprint density at radius 1 is 1.00 bits per heavy atom. The second kappa shape index (κ2) is 9.65. The van der Waals surface area contributed by atoms with Gasteiger partial charge in [0.15, 0.2) is 18.1 Å². The molecule has 0 heterocycles. The quantitative estimate of drug-likeness (QED) is 0.625. The van der Waals surface area contributed by atoms with Crippen molar-refractivity contribution < 1.29 is 33.3 Å². The van der Waals surface area contributed by atoms with Gasteiger partial charge in [0.2, 0.25) is 5.75 Å². The predicted octanol–water partition coefficient (Wildman–Crippen LogP) is 2.26. The van der Waals surface area contributed by atoms with Crippen LogP contribution in [0, 0.1) is 0 Å². The van der Waals surface area contributed by atoms with E-state index >= 15 is 0 Å². The van der Waals surface area contributed by atoms with Gasteiger partial charge in [-0.1, -0.05) is 11.6 Å². The molecular weight excluding hydrogens is 404 g/mol. The van der Waals surface area contributed by atoms with Gasteiger partial charge in [0.1, 0.15) is 0 Å². The number of amides is 2. The number of primary amides is 1. The van der Waals surface area contributed by atoms with Crippen LogP contribution in [0.25, 0.3) is 0 Å². The van der Waals surface area contributed by atoms with Gasteiger partial charge >= 0.3 is 5.97 Å². The molecule has 0 saturated heterocycles. The van der Waals surface area contributed by atoms with Crippen molar-refractivity contribution in [3.05, 3.63) is 46.5 Å². The summed E-state index contributed by atoms with van der Waals surface area (Å²) in [6.07, 6.45) is 0. The molecule has 0 unspecified atom stereocenters. The molecule has 9 nitrogen and oxygen atoms in total. The molecule has 10 heteroatoms.